The number of benzene rings is 4. The van der Waals surface area contributed by atoms with Gasteiger partial charge in [-0.05, 0) is 40.5 Å². The van der Waals surface area contributed by atoms with E-state index in [2.05, 4.69) is 0 Å². The molecule has 0 saturated carbocycles. The fourth-order valence-electron chi connectivity index (χ4n) is 5.80. The highest BCUT2D eigenvalue weighted by atomic mass is 35.5. The van der Waals surface area contributed by atoms with Crippen LogP contribution in [-0.4, -0.2) is 11.7 Å². The summed E-state index contributed by atoms with van der Waals surface area (Å²) in [5.74, 6) is -0.302. The predicted molar refractivity (Wildman–Crippen MR) is 134 cm³/mol. The maximum atomic E-state index is 14.7. The van der Waals surface area contributed by atoms with Crippen molar-refractivity contribution >= 4 is 29.0 Å². The van der Waals surface area contributed by atoms with Gasteiger partial charge in [-0.3, -0.25) is 9.59 Å². The Morgan fingerprint density at radius 1 is 0.794 bits per heavy atom. The largest absolute Gasteiger partial charge is 0.307 e. The van der Waals surface area contributed by atoms with E-state index in [0.717, 1.165) is 27.9 Å². The highest BCUT2D eigenvalue weighted by Gasteiger charge is 2.60. The first kappa shape index (κ1) is 20.9. The van der Waals surface area contributed by atoms with E-state index in [-0.39, 0.29) is 24.0 Å². The number of carbonyl (C=O) groups excluding carboxylic acids is 2. The van der Waals surface area contributed by atoms with E-state index in [4.69, 9.17) is 11.6 Å². The second-order valence-electron chi connectivity index (χ2n) is 8.98. The molecule has 1 aliphatic heterocycles. The van der Waals surface area contributed by atoms with Gasteiger partial charge in [-0.25, -0.2) is 0 Å². The molecule has 1 aliphatic carbocycles. The van der Waals surface area contributed by atoms with Crippen molar-refractivity contribution in [3.05, 3.63) is 136 Å². The van der Waals surface area contributed by atoms with Crippen molar-refractivity contribution in [2.24, 2.45) is 0 Å². The van der Waals surface area contributed by atoms with Gasteiger partial charge in [0, 0.05) is 28.6 Å². The maximum Gasteiger partial charge on any atom is 0.243 e. The molecule has 4 aromatic carbocycles. The summed E-state index contributed by atoms with van der Waals surface area (Å²) in [4.78, 5) is 29.9. The number of amides is 1. The summed E-state index contributed by atoms with van der Waals surface area (Å²) in [6, 6.07) is 33.2. The number of Topliss-reactive ketones (excluding diaryl/α,β-unsaturated/α-hetero) is 1. The lowest BCUT2D eigenvalue weighted by molar-refractivity contribution is -0.122. The molecule has 1 amide bonds. The van der Waals surface area contributed by atoms with Crippen LogP contribution >= 0.6 is 11.6 Å². The average Bonchev–Trinajstić information content (AvgIpc) is 3.11. The van der Waals surface area contributed by atoms with Crippen molar-refractivity contribution in [1.29, 1.82) is 0 Å². The Balaban J connectivity index is 1.63. The van der Waals surface area contributed by atoms with Crippen LogP contribution in [0, 0.1) is 0 Å². The van der Waals surface area contributed by atoms with Gasteiger partial charge in [0.25, 0.3) is 0 Å². The zero-order valence-electron chi connectivity index (χ0n) is 18.4. The Bertz CT molecular complexity index is 1430. The molecule has 2 aliphatic rings. The van der Waals surface area contributed by atoms with E-state index in [0.29, 0.717) is 17.1 Å². The molecule has 34 heavy (non-hydrogen) atoms. The molecular weight excluding hydrogens is 442 g/mol. The summed E-state index contributed by atoms with van der Waals surface area (Å²) in [5.41, 5.74) is 4.21. The minimum Gasteiger partial charge on any atom is -0.307 e. The van der Waals surface area contributed by atoms with Crippen LogP contribution in [0.5, 0.6) is 0 Å². The fraction of sp³-hybridized carbons (Fsp3) is 0.133. The van der Waals surface area contributed by atoms with Gasteiger partial charge in [-0.2, -0.15) is 0 Å². The van der Waals surface area contributed by atoms with Crippen LogP contribution in [-0.2, 0) is 16.8 Å². The van der Waals surface area contributed by atoms with Crippen LogP contribution in [0.25, 0.3) is 0 Å². The van der Waals surface area contributed by atoms with Crippen molar-refractivity contribution in [1.82, 2.24) is 0 Å². The van der Waals surface area contributed by atoms with Crippen molar-refractivity contribution < 1.29 is 9.59 Å². The summed E-state index contributed by atoms with van der Waals surface area (Å²) in [6.07, 6.45) is 0.247. The lowest BCUT2D eigenvalue weighted by Crippen LogP contribution is -2.49. The second kappa shape index (κ2) is 7.96. The molecule has 2 atom stereocenters. The Labute approximate surface area is 203 Å². The number of anilines is 1. The van der Waals surface area contributed by atoms with Gasteiger partial charge in [-0.15, -0.1) is 0 Å². The molecule has 0 bridgehead atoms. The Morgan fingerprint density at radius 3 is 2.29 bits per heavy atom. The highest BCUT2D eigenvalue weighted by molar-refractivity contribution is 6.30. The number of hydrogen-bond acceptors (Lipinski definition) is 2. The number of carbonyl (C=O) groups is 2. The maximum absolute atomic E-state index is 14.7. The number of halogens is 1. The summed E-state index contributed by atoms with van der Waals surface area (Å²) in [7, 11) is 0. The SMILES string of the molecule is O=C1C[C@@H](c2cccc(Cl)c2)[C@]2(C(=O)N(Cc3ccccc3)c3ccccc32)c2ccccc21. The van der Waals surface area contributed by atoms with Gasteiger partial charge in [0.1, 0.15) is 5.41 Å². The smallest absolute Gasteiger partial charge is 0.243 e. The molecule has 166 valence electrons. The molecule has 1 heterocycles. The Kier molecular flexibility index (Phi) is 4.89. The average molecular weight is 464 g/mol. The molecule has 6 rings (SSSR count). The van der Waals surface area contributed by atoms with Crippen LogP contribution in [0.2, 0.25) is 5.02 Å². The van der Waals surface area contributed by atoms with E-state index < -0.39 is 5.41 Å². The molecule has 4 heteroatoms. The monoisotopic (exact) mass is 463 g/mol. The first-order valence-electron chi connectivity index (χ1n) is 11.4. The van der Waals surface area contributed by atoms with Crippen LogP contribution in [0.15, 0.2) is 103 Å². The number of hydrogen-bond donors (Lipinski definition) is 0. The third-order valence-electron chi connectivity index (χ3n) is 7.20. The predicted octanol–water partition coefficient (Wildman–Crippen LogP) is 6.54. The normalized spacial score (nSPS) is 21.0. The standard InChI is InChI=1S/C30H22ClNO2/c31-22-12-8-11-21(17-22)26-18-28(33)23-13-4-5-14-24(23)30(26)25-15-6-7-16-27(25)32(29(30)34)19-20-9-2-1-3-10-20/h1-17,26H,18-19H2/t26-,30-/m0/s1. The fourth-order valence-corrected chi connectivity index (χ4v) is 6.00. The molecule has 0 unspecified atom stereocenters. The third-order valence-corrected chi connectivity index (χ3v) is 7.44. The van der Waals surface area contributed by atoms with Crippen molar-refractivity contribution in [3.63, 3.8) is 0 Å². The van der Waals surface area contributed by atoms with Crippen molar-refractivity contribution in [3.8, 4) is 0 Å². The van der Waals surface area contributed by atoms with Crippen molar-refractivity contribution in [2.45, 2.75) is 24.3 Å². The van der Waals surface area contributed by atoms with E-state index >= 15 is 0 Å². The van der Waals surface area contributed by atoms with Crippen LogP contribution in [0.1, 0.15) is 45.0 Å². The Hall–Kier alpha value is -3.69. The van der Waals surface area contributed by atoms with Gasteiger partial charge in [-0.1, -0.05) is 96.5 Å². The summed E-state index contributed by atoms with van der Waals surface area (Å²) in [6.45, 7) is 0.469. The molecule has 0 fully saturated rings. The zero-order valence-corrected chi connectivity index (χ0v) is 19.2. The van der Waals surface area contributed by atoms with Crippen LogP contribution in [0.3, 0.4) is 0 Å². The van der Waals surface area contributed by atoms with Crippen LogP contribution < -0.4 is 4.90 Å². The zero-order chi connectivity index (χ0) is 23.3. The lowest BCUT2D eigenvalue weighted by atomic mass is 9.58. The first-order valence-corrected chi connectivity index (χ1v) is 11.8. The van der Waals surface area contributed by atoms with Gasteiger partial charge < -0.3 is 4.90 Å². The highest BCUT2D eigenvalue weighted by Crippen LogP contribution is 2.58. The number of nitrogens with zero attached hydrogens (tertiary/aromatic N) is 1. The molecule has 3 nitrogen and oxygen atoms in total. The first-order chi connectivity index (χ1) is 16.6. The lowest BCUT2D eigenvalue weighted by Gasteiger charge is -2.41. The number of para-hydroxylation sites is 1. The molecule has 0 aromatic heterocycles. The summed E-state index contributed by atoms with van der Waals surface area (Å²) < 4.78 is 0. The Morgan fingerprint density at radius 2 is 1.50 bits per heavy atom. The van der Waals surface area contributed by atoms with Crippen LogP contribution in [0.4, 0.5) is 5.69 Å². The molecular formula is C30H22ClNO2. The summed E-state index contributed by atoms with van der Waals surface area (Å²) >= 11 is 6.39. The topological polar surface area (TPSA) is 37.4 Å². The van der Waals surface area contributed by atoms with Gasteiger partial charge in [0.15, 0.2) is 5.78 Å². The molecule has 0 N–H and O–H groups in total. The number of fused-ring (bicyclic) bond motifs is 4. The van der Waals surface area contributed by atoms with E-state index in [1.165, 1.54) is 0 Å². The molecule has 4 aromatic rings. The van der Waals surface area contributed by atoms with Gasteiger partial charge in [0.2, 0.25) is 5.91 Å². The minimum atomic E-state index is -0.999. The van der Waals surface area contributed by atoms with E-state index in [9.17, 15) is 9.59 Å². The quantitative estimate of drug-likeness (QED) is 0.346. The van der Waals surface area contributed by atoms with Gasteiger partial charge in [0.05, 0.1) is 6.54 Å². The van der Waals surface area contributed by atoms with Gasteiger partial charge >= 0.3 is 0 Å². The second-order valence-corrected chi connectivity index (χ2v) is 9.42. The van der Waals surface area contributed by atoms with Crippen molar-refractivity contribution in [2.75, 3.05) is 4.90 Å². The third kappa shape index (κ3) is 2.97. The number of ketones is 1. The van der Waals surface area contributed by atoms with E-state index in [1.54, 1.807) is 0 Å². The van der Waals surface area contributed by atoms with E-state index in [1.807, 2.05) is 108 Å². The summed E-state index contributed by atoms with van der Waals surface area (Å²) in [5, 5.41) is 0.596. The number of rotatable bonds is 3. The molecule has 1 spiro atoms. The molecule has 0 saturated heterocycles. The minimum absolute atomic E-state index is 0.00229. The molecule has 0 radical (unpaired) electrons.